The van der Waals surface area contributed by atoms with Crippen molar-refractivity contribution in [1.82, 2.24) is 14.1 Å². The lowest BCUT2D eigenvalue weighted by Crippen LogP contribution is -2.22. The Bertz CT molecular complexity index is 1500. The largest absolute Gasteiger partial charge is 0.465 e. The van der Waals surface area contributed by atoms with Crippen molar-refractivity contribution in [1.29, 1.82) is 5.41 Å². The van der Waals surface area contributed by atoms with E-state index in [9.17, 15) is 4.79 Å². The third-order valence-corrected chi connectivity index (χ3v) is 5.90. The summed E-state index contributed by atoms with van der Waals surface area (Å²) in [6, 6.07) is 27.6. The maximum absolute atomic E-state index is 11.7. The number of benzene rings is 3. The second-order valence-corrected chi connectivity index (χ2v) is 8.13. The normalized spacial score (nSPS) is 11.0. The van der Waals surface area contributed by atoms with Crippen molar-refractivity contribution >= 4 is 17.0 Å². The van der Waals surface area contributed by atoms with Crippen LogP contribution in [0.1, 0.15) is 21.5 Å². The van der Waals surface area contributed by atoms with E-state index in [0.29, 0.717) is 24.1 Å². The maximum Gasteiger partial charge on any atom is 0.337 e. The predicted octanol–water partition coefficient (Wildman–Crippen LogP) is 4.87. The third-order valence-electron chi connectivity index (χ3n) is 5.90. The Balaban J connectivity index is 1.58. The number of nitrogens with one attached hydrogen (secondary N) is 1. The molecule has 0 aliphatic carbocycles. The van der Waals surface area contributed by atoms with Crippen molar-refractivity contribution in [2.75, 3.05) is 7.11 Å². The fourth-order valence-corrected chi connectivity index (χ4v) is 4.16. The molecule has 0 amide bonds. The predicted molar refractivity (Wildman–Crippen MR) is 131 cm³/mol. The van der Waals surface area contributed by atoms with Crippen LogP contribution in [0, 0.1) is 5.41 Å². The van der Waals surface area contributed by atoms with Crippen LogP contribution in [0.15, 0.2) is 97.5 Å². The zero-order chi connectivity index (χ0) is 23.5. The van der Waals surface area contributed by atoms with Crippen LogP contribution >= 0.6 is 0 Å². The Morgan fingerprint density at radius 1 is 0.853 bits per heavy atom. The van der Waals surface area contributed by atoms with Crippen LogP contribution in [0.4, 0.5) is 0 Å². The Morgan fingerprint density at radius 3 is 2.15 bits per heavy atom. The number of rotatable bonds is 6. The van der Waals surface area contributed by atoms with Gasteiger partial charge in [-0.2, -0.15) is 0 Å². The molecule has 0 spiro atoms. The molecule has 0 fully saturated rings. The average molecular weight is 449 g/mol. The quantitative estimate of drug-likeness (QED) is 0.377. The van der Waals surface area contributed by atoms with Gasteiger partial charge in [0.1, 0.15) is 11.1 Å². The van der Waals surface area contributed by atoms with E-state index in [1.807, 2.05) is 53.1 Å². The summed E-state index contributed by atoms with van der Waals surface area (Å²) in [4.78, 5) is 16.5. The highest BCUT2D eigenvalue weighted by molar-refractivity contribution is 5.93. The van der Waals surface area contributed by atoms with E-state index in [2.05, 4.69) is 35.0 Å². The number of hydrogen-bond donors (Lipinski definition) is 1. The number of aromatic nitrogens is 3. The number of carbonyl (C=O) groups excluding carboxylic acids is 1. The molecule has 0 aliphatic heterocycles. The van der Waals surface area contributed by atoms with Crippen molar-refractivity contribution in [3.63, 3.8) is 0 Å². The number of fused-ring (bicyclic) bond motifs is 1. The summed E-state index contributed by atoms with van der Waals surface area (Å²) in [5.41, 5.74) is 5.86. The molecule has 0 unspecified atom stereocenters. The van der Waals surface area contributed by atoms with Gasteiger partial charge in [0, 0.05) is 18.3 Å². The molecule has 3 aromatic carbocycles. The molecule has 0 atom stereocenters. The van der Waals surface area contributed by atoms with E-state index in [1.165, 1.54) is 12.7 Å². The lowest BCUT2D eigenvalue weighted by molar-refractivity contribution is 0.0600. The maximum atomic E-state index is 11.7. The van der Waals surface area contributed by atoms with Gasteiger partial charge in [0.15, 0.2) is 0 Å². The molecule has 168 valence electrons. The van der Waals surface area contributed by atoms with Crippen LogP contribution in [0.2, 0.25) is 0 Å². The monoisotopic (exact) mass is 448 g/mol. The Kier molecular flexibility index (Phi) is 5.79. The first-order valence-corrected chi connectivity index (χ1v) is 11.0. The molecule has 0 aliphatic rings. The highest BCUT2D eigenvalue weighted by Crippen LogP contribution is 2.28. The van der Waals surface area contributed by atoms with Gasteiger partial charge >= 0.3 is 5.97 Å². The minimum absolute atomic E-state index is 0.365. The number of ether oxygens (including phenoxy) is 1. The number of methoxy groups -OCH3 is 1. The second kappa shape index (κ2) is 9.19. The SMILES string of the molecule is COC(=O)c1ccc(Cn2cnc3c(c(-c4ccccc4)cn3Cc3ccccc3)c2=N)cc1. The zero-order valence-electron chi connectivity index (χ0n) is 18.8. The van der Waals surface area contributed by atoms with Gasteiger partial charge < -0.3 is 13.9 Å². The van der Waals surface area contributed by atoms with Crippen LogP contribution in [0.5, 0.6) is 0 Å². The summed E-state index contributed by atoms with van der Waals surface area (Å²) in [6.45, 7) is 1.15. The van der Waals surface area contributed by atoms with E-state index < -0.39 is 0 Å². The van der Waals surface area contributed by atoms with Crippen LogP contribution < -0.4 is 5.49 Å². The van der Waals surface area contributed by atoms with Crippen LogP contribution in [0.25, 0.3) is 22.2 Å². The molecule has 1 N–H and O–H groups in total. The van der Waals surface area contributed by atoms with Crippen LogP contribution in [-0.2, 0) is 17.8 Å². The summed E-state index contributed by atoms with van der Waals surface area (Å²) in [5, 5.41) is 9.86. The Labute approximate surface area is 197 Å². The lowest BCUT2D eigenvalue weighted by atomic mass is 10.1. The van der Waals surface area contributed by atoms with Gasteiger partial charge in [-0.15, -0.1) is 0 Å². The fourth-order valence-electron chi connectivity index (χ4n) is 4.16. The molecular formula is C28H24N4O2. The smallest absolute Gasteiger partial charge is 0.337 e. The van der Waals surface area contributed by atoms with E-state index in [4.69, 9.17) is 15.1 Å². The van der Waals surface area contributed by atoms with E-state index in [1.54, 1.807) is 18.5 Å². The third kappa shape index (κ3) is 4.13. The number of hydrogen-bond acceptors (Lipinski definition) is 4. The average Bonchev–Trinajstić information content (AvgIpc) is 3.25. The van der Waals surface area contributed by atoms with Gasteiger partial charge in [-0.05, 0) is 28.8 Å². The molecule has 0 saturated heterocycles. The summed E-state index contributed by atoms with van der Waals surface area (Å²) in [5.74, 6) is -0.365. The molecule has 0 bridgehead atoms. The lowest BCUT2D eigenvalue weighted by Gasteiger charge is -2.10. The van der Waals surface area contributed by atoms with E-state index in [-0.39, 0.29) is 5.97 Å². The summed E-state index contributed by atoms with van der Waals surface area (Å²) in [6.07, 6.45) is 3.81. The van der Waals surface area contributed by atoms with E-state index >= 15 is 0 Å². The van der Waals surface area contributed by atoms with Gasteiger partial charge in [0.05, 0.1) is 30.9 Å². The summed E-state index contributed by atoms with van der Waals surface area (Å²) < 4.78 is 8.72. The summed E-state index contributed by atoms with van der Waals surface area (Å²) in [7, 11) is 1.37. The number of esters is 1. The first-order valence-electron chi connectivity index (χ1n) is 11.0. The highest BCUT2D eigenvalue weighted by Gasteiger charge is 2.15. The van der Waals surface area contributed by atoms with Crippen LogP contribution in [0.3, 0.4) is 0 Å². The molecule has 6 nitrogen and oxygen atoms in total. The minimum atomic E-state index is -0.365. The first kappa shape index (κ1) is 21.4. The van der Waals surface area contributed by atoms with Gasteiger partial charge in [0.25, 0.3) is 0 Å². The van der Waals surface area contributed by atoms with Crippen molar-refractivity contribution in [3.05, 3.63) is 120 Å². The standard InChI is InChI=1S/C28H24N4O2/c1-34-28(33)23-14-12-21(13-15-23)17-32-19-30-27-25(26(32)29)24(22-10-6-3-7-11-22)18-31(27)16-20-8-4-2-5-9-20/h2-15,18-19,29H,16-17H2,1H3. The van der Waals surface area contributed by atoms with Crippen molar-refractivity contribution in [3.8, 4) is 11.1 Å². The Hall–Kier alpha value is -4.45. The second-order valence-electron chi connectivity index (χ2n) is 8.13. The van der Waals surface area contributed by atoms with E-state index in [0.717, 1.165) is 27.7 Å². The van der Waals surface area contributed by atoms with Crippen molar-refractivity contribution < 1.29 is 9.53 Å². The fraction of sp³-hybridized carbons (Fsp3) is 0.107. The molecule has 0 saturated carbocycles. The highest BCUT2D eigenvalue weighted by atomic mass is 16.5. The van der Waals surface area contributed by atoms with Gasteiger partial charge in [-0.3, -0.25) is 5.41 Å². The topological polar surface area (TPSA) is 72.9 Å². The van der Waals surface area contributed by atoms with Gasteiger partial charge in [0.2, 0.25) is 0 Å². The van der Waals surface area contributed by atoms with Crippen LogP contribution in [-0.4, -0.2) is 27.2 Å². The molecule has 34 heavy (non-hydrogen) atoms. The molecule has 6 heteroatoms. The van der Waals surface area contributed by atoms with Crippen molar-refractivity contribution in [2.24, 2.45) is 0 Å². The summed E-state index contributed by atoms with van der Waals surface area (Å²) >= 11 is 0. The molecule has 0 radical (unpaired) electrons. The van der Waals surface area contributed by atoms with Crippen molar-refractivity contribution in [2.45, 2.75) is 13.1 Å². The Morgan fingerprint density at radius 2 is 1.47 bits per heavy atom. The molecular weight excluding hydrogens is 424 g/mol. The number of nitrogens with zero attached hydrogens (tertiary/aromatic N) is 3. The van der Waals surface area contributed by atoms with Gasteiger partial charge in [-0.1, -0.05) is 72.8 Å². The molecule has 2 aromatic heterocycles. The zero-order valence-corrected chi connectivity index (χ0v) is 18.8. The molecule has 2 heterocycles. The molecule has 5 rings (SSSR count). The first-order chi connectivity index (χ1) is 16.6. The number of carbonyl (C=O) groups is 1. The van der Waals surface area contributed by atoms with Gasteiger partial charge in [-0.25, -0.2) is 9.78 Å². The molecule has 5 aromatic rings. The minimum Gasteiger partial charge on any atom is -0.465 e.